The molecule has 0 aliphatic carbocycles. The molecule has 0 spiro atoms. The molecule has 0 aromatic heterocycles. The molecule has 0 saturated carbocycles. The Hall–Kier alpha value is -3.80. The number of esters is 2. The van der Waals surface area contributed by atoms with Crippen molar-refractivity contribution >= 4 is 28.3 Å². The molecule has 0 aliphatic rings. The lowest BCUT2D eigenvalue weighted by molar-refractivity contribution is -0.145. The third-order valence-electron chi connectivity index (χ3n) is 4.61. The van der Waals surface area contributed by atoms with Crippen LogP contribution in [0.2, 0.25) is 0 Å². The lowest BCUT2D eigenvalue weighted by atomic mass is 10.1. The average molecular weight is 434 g/mol. The largest absolute Gasteiger partial charge is 0.482 e. The predicted octanol–water partition coefficient (Wildman–Crippen LogP) is 5.54. The minimum atomic E-state index is -0.402. The summed E-state index contributed by atoms with van der Waals surface area (Å²) in [4.78, 5) is 23.1. The summed E-state index contributed by atoms with van der Waals surface area (Å²) in [6.07, 6.45) is 1.48. The van der Waals surface area contributed by atoms with E-state index in [9.17, 15) is 9.59 Å². The van der Waals surface area contributed by atoms with Crippen LogP contribution in [-0.4, -0.2) is 31.8 Å². The van der Waals surface area contributed by atoms with Gasteiger partial charge in [-0.3, -0.25) is 0 Å². The van der Waals surface area contributed by atoms with Gasteiger partial charge in [0.2, 0.25) is 0 Å². The minimum Gasteiger partial charge on any atom is -0.482 e. The van der Waals surface area contributed by atoms with Crippen LogP contribution in [-0.2, 0) is 19.1 Å². The quantitative estimate of drug-likeness (QED) is 0.325. The predicted molar refractivity (Wildman–Crippen MR) is 123 cm³/mol. The summed E-state index contributed by atoms with van der Waals surface area (Å²) in [6, 6.07) is 18.8. The van der Waals surface area contributed by atoms with Crippen LogP contribution < -0.4 is 9.47 Å². The van der Waals surface area contributed by atoms with E-state index in [1.807, 2.05) is 67.6 Å². The summed E-state index contributed by atoms with van der Waals surface area (Å²) >= 11 is 0. The number of hydrogen-bond acceptors (Lipinski definition) is 6. The first-order chi connectivity index (χ1) is 15.5. The molecule has 0 unspecified atom stereocenters. The smallest absolute Gasteiger partial charge is 0.344 e. The molecule has 0 fully saturated rings. The van der Waals surface area contributed by atoms with Gasteiger partial charge in [0, 0.05) is 6.08 Å². The van der Waals surface area contributed by atoms with Gasteiger partial charge in [-0.1, -0.05) is 24.3 Å². The fourth-order valence-electron chi connectivity index (χ4n) is 3.07. The average Bonchev–Trinajstić information content (AvgIpc) is 2.78. The first kappa shape index (κ1) is 22.9. The Balaban J connectivity index is 1.70. The van der Waals surface area contributed by atoms with Crippen molar-refractivity contribution < 1.29 is 28.5 Å². The number of ether oxygens (including phenoxy) is 4. The molecule has 3 rings (SSSR count). The summed E-state index contributed by atoms with van der Waals surface area (Å²) in [5.41, 5.74) is 1.73. The summed E-state index contributed by atoms with van der Waals surface area (Å²) in [5.74, 6) is 1.17. The maximum absolute atomic E-state index is 11.6. The fraction of sp³-hybridized carbons (Fsp3) is 0.231. The van der Waals surface area contributed by atoms with Crippen LogP contribution in [0.5, 0.6) is 17.2 Å². The zero-order chi connectivity index (χ0) is 22.9. The van der Waals surface area contributed by atoms with Gasteiger partial charge in [-0.15, -0.1) is 0 Å². The van der Waals surface area contributed by atoms with E-state index in [0.717, 1.165) is 21.9 Å². The van der Waals surface area contributed by atoms with Crippen molar-refractivity contribution in [1.29, 1.82) is 0 Å². The molecule has 32 heavy (non-hydrogen) atoms. The third kappa shape index (κ3) is 6.35. The molecule has 3 aromatic carbocycles. The van der Waals surface area contributed by atoms with Crippen LogP contribution in [0.4, 0.5) is 0 Å². The van der Waals surface area contributed by atoms with Crippen LogP contribution in [0.1, 0.15) is 26.3 Å². The van der Waals surface area contributed by atoms with Crippen molar-refractivity contribution in [1.82, 2.24) is 0 Å². The monoisotopic (exact) mass is 434 g/mol. The van der Waals surface area contributed by atoms with Crippen molar-refractivity contribution in [3.05, 3.63) is 72.3 Å². The Morgan fingerprint density at radius 1 is 0.781 bits per heavy atom. The number of allylic oxidation sites excluding steroid dienone is 1. The van der Waals surface area contributed by atoms with E-state index >= 15 is 0 Å². The molecular weight excluding hydrogens is 408 g/mol. The van der Waals surface area contributed by atoms with Gasteiger partial charge >= 0.3 is 11.9 Å². The topological polar surface area (TPSA) is 71.1 Å². The van der Waals surface area contributed by atoms with Crippen LogP contribution in [0.25, 0.3) is 16.3 Å². The maximum Gasteiger partial charge on any atom is 0.344 e. The number of carbonyl (C=O) groups is 2. The van der Waals surface area contributed by atoms with Gasteiger partial charge in [-0.25, -0.2) is 9.59 Å². The highest BCUT2D eigenvalue weighted by Crippen LogP contribution is 2.29. The number of hydrogen-bond donors (Lipinski definition) is 0. The van der Waals surface area contributed by atoms with Crippen molar-refractivity contribution in [2.75, 3.05) is 19.8 Å². The number of rotatable bonds is 9. The van der Waals surface area contributed by atoms with Crippen LogP contribution >= 0.6 is 0 Å². The SMILES string of the molecule is CCOC(=O)C=C(C)c1ccc(Oc2ccc3ccc(OCC(=O)OCC)cc3c2)cc1. The lowest BCUT2D eigenvalue weighted by Crippen LogP contribution is -2.14. The molecule has 166 valence electrons. The Kier molecular flexibility index (Phi) is 7.86. The molecule has 0 heterocycles. The highest BCUT2D eigenvalue weighted by molar-refractivity contribution is 5.91. The Bertz CT molecular complexity index is 1110. The molecule has 0 atom stereocenters. The molecular formula is C26H26O6. The van der Waals surface area contributed by atoms with E-state index in [0.29, 0.717) is 30.5 Å². The number of carbonyl (C=O) groups excluding carboxylic acids is 2. The molecule has 3 aromatic rings. The highest BCUT2D eigenvalue weighted by Gasteiger charge is 2.06. The van der Waals surface area contributed by atoms with Crippen molar-refractivity contribution in [2.45, 2.75) is 20.8 Å². The fourth-order valence-corrected chi connectivity index (χ4v) is 3.07. The van der Waals surface area contributed by atoms with Crippen molar-refractivity contribution in [3.63, 3.8) is 0 Å². The second-order valence-corrected chi connectivity index (χ2v) is 6.97. The van der Waals surface area contributed by atoms with E-state index < -0.39 is 5.97 Å². The number of benzene rings is 3. The molecule has 0 N–H and O–H groups in total. The molecule has 0 aliphatic heterocycles. The summed E-state index contributed by atoms with van der Waals surface area (Å²) in [7, 11) is 0. The van der Waals surface area contributed by atoms with Gasteiger partial charge in [0.25, 0.3) is 0 Å². The van der Waals surface area contributed by atoms with Crippen LogP contribution in [0, 0.1) is 0 Å². The Morgan fingerprint density at radius 2 is 1.41 bits per heavy atom. The zero-order valence-corrected chi connectivity index (χ0v) is 18.4. The standard InChI is InChI=1S/C26H26O6/c1-4-29-25(27)14-18(3)19-6-10-22(11-7-19)32-24-13-9-20-8-12-23(15-21(20)16-24)31-17-26(28)30-5-2/h6-16H,4-5,17H2,1-3H3. The van der Waals surface area contributed by atoms with E-state index in [2.05, 4.69) is 0 Å². The van der Waals surface area contributed by atoms with Crippen molar-refractivity contribution in [2.24, 2.45) is 0 Å². The van der Waals surface area contributed by atoms with Gasteiger partial charge in [-0.2, -0.15) is 0 Å². The van der Waals surface area contributed by atoms with Crippen LogP contribution in [0.3, 0.4) is 0 Å². The highest BCUT2D eigenvalue weighted by atomic mass is 16.6. The summed E-state index contributed by atoms with van der Waals surface area (Å²) in [6.45, 7) is 5.92. The second-order valence-electron chi connectivity index (χ2n) is 6.97. The zero-order valence-electron chi connectivity index (χ0n) is 18.4. The molecule has 0 amide bonds. The summed E-state index contributed by atoms with van der Waals surface area (Å²) < 4.78 is 21.3. The van der Waals surface area contributed by atoms with Gasteiger partial charge in [0.1, 0.15) is 17.2 Å². The first-order valence-corrected chi connectivity index (χ1v) is 10.4. The van der Waals surface area contributed by atoms with Gasteiger partial charge in [-0.05, 0) is 79.1 Å². The second kappa shape index (κ2) is 11.0. The van der Waals surface area contributed by atoms with E-state index in [1.165, 1.54) is 6.08 Å². The lowest BCUT2D eigenvalue weighted by Gasteiger charge is -2.10. The van der Waals surface area contributed by atoms with Gasteiger partial charge in [0.05, 0.1) is 13.2 Å². The van der Waals surface area contributed by atoms with E-state index in [1.54, 1.807) is 13.8 Å². The van der Waals surface area contributed by atoms with E-state index in [-0.39, 0.29) is 12.6 Å². The first-order valence-electron chi connectivity index (χ1n) is 10.4. The molecule has 6 nitrogen and oxygen atoms in total. The molecule has 6 heteroatoms. The third-order valence-corrected chi connectivity index (χ3v) is 4.61. The van der Waals surface area contributed by atoms with Gasteiger partial charge < -0.3 is 18.9 Å². The van der Waals surface area contributed by atoms with E-state index in [4.69, 9.17) is 18.9 Å². The normalized spacial score (nSPS) is 11.2. The molecule has 0 radical (unpaired) electrons. The Labute approximate surface area is 187 Å². The molecule has 0 bridgehead atoms. The Morgan fingerprint density at radius 3 is 2.09 bits per heavy atom. The minimum absolute atomic E-state index is 0.133. The molecule has 0 saturated heterocycles. The number of fused-ring (bicyclic) bond motifs is 1. The summed E-state index contributed by atoms with van der Waals surface area (Å²) in [5, 5.41) is 1.95. The van der Waals surface area contributed by atoms with Crippen LogP contribution in [0.15, 0.2) is 66.7 Å². The maximum atomic E-state index is 11.6. The van der Waals surface area contributed by atoms with Gasteiger partial charge in [0.15, 0.2) is 6.61 Å². The van der Waals surface area contributed by atoms with Crippen molar-refractivity contribution in [3.8, 4) is 17.2 Å².